The Kier molecular flexibility index (Phi) is 4.89. The fourth-order valence-corrected chi connectivity index (χ4v) is 4.24. The van der Waals surface area contributed by atoms with Crippen molar-refractivity contribution in [3.63, 3.8) is 0 Å². The highest BCUT2D eigenvalue weighted by atomic mass is 32.2. The highest BCUT2D eigenvalue weighted by Crippen LogP contribution is 2.27. The average molecular weight is 337 g/mol. The third-order valence-corrected chi connectivity index (χ3v) is 5.83. The molecule has 0 atom stereocenters. The van der Waals surface area contributed by atoms with Crippen LogP contribution in [-0.4, -0.2) is 26.3 Å². The summed E-state index contributed by atoms with van der Waals surface area (Å²) in [6, 6.07) is 4.23. The van der Waals surface area contributed by atoms with E-state index in [-0.39, 0.29) is 0 Å². The molecule has 3 aromatic heterocycles. The molecule has 0 spiro atoms. The molecule has 0 aliphatic heterocycles. The van der Waals surface area contributed by atoms with Gasteiger partial charge in [-0.25, -0.2) is 4.98 Å². The van der Waals surface area contributed by atoms with Gasteiger partial charge in [-0.2, -0.15) is 0 Å². The summed E-state index contributed by atoms with van der Waals surface area (Å²) in [6.07, 6.45) is 4.79. The maximum absolute atomic E-state index is 4.30. The average Bonchev–Trinajstić information content (AvgIpc) is 3.19. The van der Waals surface area contributed by atoms with Gasteiger partial charge in [-0.1, -0.05) is 29.2 Å². The fourth-order valence-electron chi connectivity index (χ4n) is 1.75. The minimum Gasteiger partial charge on any atom is -0.360 e. The van der Waals surface area contributed by atoms with E-state index in [0.29, 0.717) is 0 Å². The molecular weight excluding hydrogens is 322 g/mol. The highest BCUT2D eigenvalue weighted by Gasteiger charge is 2.07. The third-order valence-electron chi connectivity index (χ3n) is 2.88. The van der Waals surface area contributed by atoms with Crippen LogP contribution in [0, 0.1) is 0 Å². The first-order valence-corrected chi connectivity index (χ1v) is 9.18. The van der Waals surface area contributed by atoms with Crippen molar-refractivity contribution in [3.05, 3.63) is 40.6 Å². The third kappa shape index (κ3) is 4.05. The number of imidazole rings is 1. The molecule has 0 amide bonds. The maximum atomic E-state index is 4.30. The van der Waals surface area contributed by atoms with Crippen LogP contribution in [0.1, 0.15) is 10.7 Å². The van der Waals surface area contributed by atoms with Crippen molar-refractivity contribution in [2.45, 2.75) is 16.5 Å². The number of thioether (sulfide) groups is 1. The molecular formula is C13H15N5S3. The molecule has 0 aliphatic carbocycles. The zero-order valence-corrected chi connectivity index (χ0v) is 14.0. The molecule has 0 unspecified atom stereocenters. The normalized spacial score (nSPS) is 10.9. The quantitative estimate of drug-likeness (QED) is 0.671. The zero-order chi connectivity index (χ0) is 14.5. The Labute approximate surface area is 135 Å². The molecule has 0 fully saturated rings. The standard InChI is InChI=1S/C13H15N5S3/c1-18-7-6-14-11(18)9-20-13-17-16-12(21-13)15-5-4-10-3-2-8-19-10/h2-3,6-8H,4-5,9H2,1H3,(H,15,16). The Morgan fingerprint density at radius 3 is 3.10 bits per heavy atom. The molecule has 0 bridgehead atoms. The van der Waals surface area contributed by atoms with E-state index < -0.39 is 0 Å². The van der Waals surface area contributed by atoms with Crippen molar-refractivity contribution in [1.29, 1.82) is 0 Å². The second-order valence-electron chi connectivity index (χ2n) is 4.37. The first kappa shape index (κ1) is 14.6. The molecule has 8 heteroatoms. The Morgan fingerprint density at radius 2 is 2.33 bits per heavy atom. The van der Waals surface area contributed by atoms with Gasteiger partial charge in [0.1, 0.15) is 5.82 Å². The lowest BCUT2D eigenvalue weighted by Gasteiger charge is -1.99. The van der Waals surface area contributed by atoms with Crippen LogP contribution in [0.4, 0.5) is 5.13 Å². The van der Waals surface area contributed by atoms with Crippen LogP contribution in [0.25, 0.3) is 0 Å². The van der Waals surface area contributed by atoms with Crippen molar-refractivity contribution in [2.75, 3.05) is 11.9 Å². The molecule has 3 rings (SSSR count). The minimum atomic E-state index is 0.813. The summed E-state index contributed by atoms with van der Waals surface area (Å²) >= 11 is 5.05. The van der Waals surface area contributed by atoms with Crippen molar-refractivity contribution >= 4 is 39.6 Å². The van der Waals surface area contributed by atoms with E-state index in [9.17, 15) is 0 Å². The molecule has 0 saturated carbocycles. The van der Waals surface area contributed by atoms with Gasteiger partial charge < -0.3 is 9.88 Å². The lowest BCUT2D eigenvalue weighted by Crippen LogP contribution is -2.03. The van der Waals surface area contributed by atoms with Crippen LogP contribution in [0.2, 0.25) is 0 Å². The predicted molar refractivity (Wildman–Crippen MR) is 89.2 cm³/mol. The Morgan fingerprint density at radius 1 is 1.38 bits per heavy atom. The molecule has 0 aliphatic rings. The van der Waals surface area contributed by atoms with E-state index in [2.05, 4.69) is 38.0 Å². The summed E-state index contributed by atoms with van der Waals surface area (Å²) in [4.78, 5) is 5.69. The van der Waals surface area contributed by atoms with Gasteiger partial charge in [-0.15, -0.1) is 21.5 Å². The second kappa shape index (κ2) is 7.06. The van der Waals surface area contributed by atoms with E-state index in [0.717, 1.165) is 34.0 Å². The van der Waals surface area contributed by atoms with Crippen molar-refractivity contribution < 1.29 is 0 Å². The number of rotatable bonds is 7. The molecule has 0 saturated heterocycles. The number of thiophene rings is 1. The molecule has 5 nitrogen and oxygen atoms in total. The van der Waals surface area contributed by atoms with Gasteiger partial charge in [0.25, 0.3) is 0 Å². The number of nitrogens with one attached hydrogen (secondary N) is 1. The SMILES string of the molecule is Cn1ccnc1CSc1nnc(NCCc2cccs2)s1. The first-order chi connectivity index (χ1) is 10.3. The van der Waals surface area contributed by atoms with Crippen LogP contribution in [0.3, 0.4) is 0 Å². The maximum Gasteiger partial charge on any atom is 0.206 e. The number of hydrogen-bond donors (Lipinski definition) is 1. The highest BCUT2D eigenvalue weighted by molar-refractivity contribution is 8.00. The van der Waals surface area contributed by atoms with Crippen LogP contribution in [0.5, 0.6) is 0 Å². The summed E-state index contributed by atoms with van der Waals surface area (Å²) in [7, 11) is 2.00. The predicted octanol–water partition coefficient (Wildman–Crippen LogP) is 3.28. The monoisotopic (exact) mass is 337 g/mol. The lowest BCUT2D eigenvalue weighted by atomic mass is 10.3. The van der Waals surface area contributed by atoms with E-state index in [4.69, 9.17) is 0 Å². The minimum absolute atomic E-state index is 0.813. The molecule has 0 aromatic carbocycles. The Hall–Kier alpha value is -1.38. The molecule has 3 heterocycles. The molecule has 0 radical (unpaired) electrons. The van der Waals surface area contributed by atoms with Gasteiger partial charge in [0.05, 0.1) is 5.75 Å². The van der Waals surface area contributed by atoms with Gasteiger partial charge in [0.15, 0.2) is 4.34 Å². The summed E-state index contributed by atoms with van der Waals surface area (Å²) in [5.41, 5.74) is 0. The molecule has 21 heavy (non-hydrogen) atoms. The van der Waals surface area contributed by atoms with Crippen LogP contribution < -0.4 is 5.32 Å². The summed E-state index contributed by atoms with van der Waals surface area (Å²) in [5.74, 6) is 1.86. The van der Waals surface area contributed by atoms with Crippen molar-refractivity contribution in [3.8, 4) is 0 Å². The summed E-state index contributed by atoms with van der Waals surface area (Å²) in [5, 5.41) is 14.7. The fraction of sp³-hybridized carbons (Fsp3) is 0.308. The van der Waals surface area contributed by atoms with Crippen LogP contribution in [0.15, 0.2) is 34.2 Å². The number of hydrogen-bond acceptors (Lipinski definition) is 7. The number of nitrogens with zero attached hydrogens (tertiary/aromatic N) is 4. The topological polar surface area (TPSA) is 55.6 Å². The molecule has 110 valence electrons. The smallest absolute Gasteiger partial charge is 0.206 e. The summed E-state index contributed by atoms with van der Waals surface area (Å²) < 4.78 is 2.99. The molecule has 1 N–H and O–H groups in total. The largest absolute Gasteiger partial charge is 0.360 e. The van der Waals surface area contributed by atoms with E-state index in [1.807, 2.05) is 24.0 Å². The summed E-state index contributed by atoms with van der Waals surface area (Å²) in [6.45, 7) is 0.888. The van der Waals surface area contributed by atoms with E-state index >= 15 is 0 Å². The number of anilines is 1. The number of aryl methyl sites for hydroxylation is 1. The van der Waals surface area contributed by atoms with Crippen LogP contribution >= 0.6 is 34.4 Å². The van der Waals surface area contributed by atoms with Gasteiger partial charge >= 0.3 is 0 Å². The second-order valence-corrected chi connectivity index (χ2v) is 7.60. The van der Waals surface area contributed by atoms with Crippen molar-refractivity contribution in [2.24, 2.45) is 7.05 Å². The van der Waals surface area contributed by atoms with Gasteiger partial charge in [-0.3, -0.25) is 0 Å². The van der Waals surface area contributed by atoms with E-state index in [1.165, 1.54) is 4.88 Å². The van der Waals surface area contributed by atoms with Crippen LogP contribution in [-0.2, 0) is 19.2 Å². The lowest BCUT2D eigenvalue weighted by molar-refractivity contribution is 0.848. The van der Waals surface area contributed by atoms with E-state index in [1.54, 1.807) is 34.4 Å². The van der Waals surface area contributed by atoms with Crippen molar-refractivity contribution in [1.82, 2.24) is 19.7 Å². The Bertz CT molecular complexity index is 674. The van der Waals surface area contributed by atoms with Gasteiger partial charge in [0.2, 0.25) is 5.13 Å². The molecule has 3 aromatic rings. The first-order valence-electron chi connectivity index (χ1n) is 6.50. The Balaban J connectivity index is 1.46. The number of aromatic nitrogens is 4. The zero-order valence-electron chi connectivity index (χ0n) is 11.5. The van der Waals surface area contributed by atoms with Gasteiger partial charge in [-0.05, 0) is 17.9 Å². The van der Waals surface area contributed by atoms with Gasteiger partial charge in [0, 0.05) is 30.9 Å².